The van der Waals surface area contributed by atoms with Crippen molar-refractivity contribution in [1.82, 2.24) is 0 Å². The van der Waals surface area contributed by atoms with E-state index in [2.05, 4.69) is 0 Å². The highest BCUT2D eigenvalue weighted by Gasteiger charge is 2.56. The van der Waals surface area contributed by atoms with Crippen LogP contribution in [0.2, 0.25) is 0 Å². The Kier molecular flexibility index (Phi) is 7.21. The predicted octanol–water partition coefficient (Wildman–Crippen LogP) is 1.25. The third-order valence-electron chi connectivity index (χ3n) is 7.44. The van der Waals surface area contributed by atoms with Gasteiger partial charge in [-0.2, -0.15) is 35.3 Å². The van der Waals surface area contributed by atoms with Crippen molar-refractivity contribution >= 4 is 41.1 Å². The van der Waals surface area contributed by atoms with Gasteiger partial charge in [0.05, 0.1) is 50.5 Å². The Balaban J connectivity index is 1.32. The molecule has 176 valence electrons. The maximum absolute atomic E-state index is 13.6. The molecule has 5 aliphatic heterocycles. The molecule has 2 spiro atoms. The van der Waals surface area contributed by atoms with Crippen LogP contribution in [0.25, 0.3) is 0 Å². The summed E-state index contributed by atoms with van der Waals surface area (Å²) in [6.07, 6.45) is -0.212. The molecule has 0 aromatic carbocycles. The van der Waals surface area contributed by atoms with Crippen LogP contribution in [-0.2, 0) is 23.7 Å². The molecule has 0 amide bonds. The van der Waals surface area contributed by atoms with Crippen LogP contribution >= 0.6 is 35.3 Å². The van der Waals surface area contributed by atoms with Gasteiger partial charge in [-0.25, -0.2) is 0 Å². The van der Waals surface area contributed by atoms with E-state index in [0.717, 1.165) is 24.3 Å². The summed E-state index contributed by atoms with van der Waals surface area (Å²) in [4.78, 5) is 13.6. The van der Waals surface area contributed by atoms with Crippen molar-refractivity contribution in [3.63, 3.8) is 0 Å². The standard InChI is InChI=1S/C21H32O7S3/c22-17-13(18(23)15-11-29-7-1-20(15)25-3-4-26-20)9-31-10-14(17)19(24)16-12-30-8-2-21(16)27-5-6-28-21/h13-16,18-19,23-24H,1-12H2/t13-,14+,15-,16-,18+,19+/m0/s1. The second kappa shape index (κ2) is 9.62. The summed E-state index contributed by atoms with van der Waals surface area (Å²) >= 11 is 5.20. The molecule has 6 atom stereocenters. The fraction of sp³-hybridized carbons (Fsp3) is 0.952. The van der Waals surface area contributed by atoms with E-state index in [-0.39, 0.29) is 17.6 Å². The van der Waals surface area contributed by atoms with Crippen molar-refractivity contribution in [2.24, 2.45) is 23.7 Å². The highest BCUT2D eigenvalue weighted by atomic mass is 32.2. The van der Waals surface area contributed by atoms with Gasteiger partial charge >= 0.3 is 0 Å². The minimum atomic E-state index is -0.838. The molecule has 0 aromatic heterocycles. The lowest BCUT2D eigenvalue weighted by Gasteiger charge is -2.46. The molecular weight excluding hydrogens is 460 g/mol. The normalized spacial score (nSPS) is 39.7. The number of hydrogen-bond donors (Lipinski definition) is 2. The van der Waals surface area contributed by atoms with Crippen LogP contribution in [-0.4, -0.2) is 101 Å². The first-order valence-electron chi connectivity index (χ1n) is 11.3. The first kappa shape index (κ1) is 23.2. The molecule has 2 N–H and O–H groups in total. The molecule has 5 rings (SSSR count). The third kappa shape index (κ3) is 4.23. The molecule has 0 bridgehead atoms. The van der Waals surface area contributed by atoms with Crippen LogP contribution in [0.15, 0.2) is 0 Å². The SMILES string of the molecule is O=C1[C@H]([C@@H](O)[C@@H]2CSCCC23OCCO3)CSC[C@@H]1[C@@H](O)[C@@H]1CSCCC12OCCO2. The molecule has 0 unspecified atom stereocenters. The van der Waals surface area contributed by atoms with Crippen molar-refractivity contribution in [2.75, 3.05) is 60.9 Å². The van der Waals surface area contributed by atoms with Crippen LogP contribution in [0.3, 0.4) is 0 Å². The van der Waals surface area contributed by atoms with Crippen LogP contribution in [0.4, 0.5) is 0 Å². The van der Waals surface area contributed by atoms with Crippen LogP contribution in [0.1, 0.15) is 12.8 Å². The predicted molar refractivity (Wildman–Crippen MR) is 121 cm³/mol. The van der Waals surface area contributed by atoms with Crippen molar-refractivity contribution in [1.29, 1.82) is 0 Å². The summed E-state index contributed by atoms with van der Waals surface area (Å²) in [5.41, 5.74) is 0. The van der Waals surface area contributed by atoms with E-state index in [1.165, 1.54) is 0 Å². The van der Waals surface area contributed by atoms with Gasteiger partial charge in [0.2, 0.25) is 0 Å². The van der Waals surface area contributed by atoms with E-state index < -0.39 is 35.6 Å². The lowest BCUT2D eigenvalue weighted by Crippen LogP contribution is -2.57. The number of aliphatic hydroxyl groups is 2. The van der Waals surface area contributed by atoms with Gasteiger partial charge in [0.15, 0.2) is 11.6 Å². The highest BCUT2D eigenvalue weighted by molar-refractivity contribution is 7.99. The van der Waals surface area contributed by atoms with E-state index in [1.807, 2.05) is 0 Å². The molecule has 0 aromatic rings. The average Bonchev–Trinajstić information content (AvgIpc) is 3.44. The maximum Gasteiger partial charge on any atom is 0.175 e. The molecule has 5 aliphatic rings. The summed E-state index contributed by atoms with van der Waals surface area (Å²) in [5, 5.41) is 22.7. The van der Waals surface area contributed by atoms with E-state index >= 15 is 0 Å². The van der Waals surface area contributed by atoms with Crippen molar-refractivity contribution in [3.05, 3.63) is 0 Å². The molecule has 5 heterocycles. The minimum Gasteiger partial charge on any atom is -0.392 e. The van der Waals surface area contributed by atoms with Gasteiger partial charge in [0.25, 0.3) is 0 Å². The zero-order valence-electron chi connectivity index (χ0n) is 17.6. The lowest BCUT2D eigenvalue weighted by atomic mass is 9.76. The number of hydrogen-bond acceptors (Lipinski definition) is 10. The third-order valence-corrected chi connectivity index (χ3v) is 10.8. The summed E-state index contributed by atoms with van der Waals surface area (Å²) in [5.74, 6) is 1.33. The minimum absolute atomic E-state index is 0.0359. The molecule has 10 heteroatoms. The maximum atomic E-state index is 13.6. The fourth-order valence-electron chi connectivity index (χ4n) is 5.71. The molecule has 7 nitrogen and oxygen atoms in total. The van der Waals surface area contributed by atoms with Crippen molar-refractivity contribution in [2.45, 2.75) is 36.6 Å². The first-order valence-corrected chi connectivity index (χ1v) is 14.7. The average molecular weight is 493 g/mol. The summed E-state index contributed by atoms with van der Waals surface area (Å²) in [6, 6.07) is 0. The van der Waals surface area contributed by atoms with Gasteiger partial charge in [0.1, 0.15) is 5.78 Å². The molecule has 5 fully saturated rings. The Labute approximate surface area is 196 Å². The summed E-state index contributed by atoms with van der Waals surface area (Å²) in [6.45, 7) is 2.13. The monoisotopic (exact) mass is 492 g/mol. The topological polar surface area (TPSA) is 94.5 Å². The molecule has 0 saturated carbocycles. The first-order chi connectivity index (χ1) is 15.1. The Morgan fingerprint density at radius 2 is 1.13 bits per heavy atom. The smallest absolute Gasteiger partial charge is 0.175 e. The Hall–Kier alpha value is 0.480. The number of rotatable bonds is 4. The van der Waals surface area contributed by atoms with Crippen LogP contribution < -0.4 is 0 Å². The quantitative estimate of drug-likeness (QED) is 0.597. The van der Waals surface area contributed by atoms with E-state index in [9.17, 15) is 15.0 Å². The number of carbonyl (C=O) groups excluding carboxylic acids is 1. The van der Waals surface area contributed by atoms with E-state index in [1.54, 1.807) is 35.3 Å². The van der Waals surface area contributed by atoms with E-state index in [0.29, 0.717) is 49.4 Å². The number of ketones is 1. The molecule has 0 radical (unpaired) electrons. The van der Waals surface area contributed by atoms with Gasteiger partial charge < -0.3 is 29.2 Å². The van der Waals surface area contributed by atoms with Gasteiger partial charge in [-0.05, 0) is 11.5 Å². The summed E-state index contributed by atoms with van der Waals surface area (Å²) in [7, 11) is 0. The number of Topliss-reactive ketones (excluding diaryl/α,β-unsaturated/α-hetero) is 1. The van der Waals surface area contributed by atoms with Gasteiger partial charge in [0, 0.05) is 47.7 Å². The number of thioether (sulfide) groups is 3. The van der Waals surface area contributed by atoms with Crippen LogP contribution in [0.5, 0.6) is 0 Å². The Morgan fingerprint density at radius 3 is 1.55 bits per heavy atom. The second-order valence-electron chi connectivity index (χ2n) is 9.01. The molecule has 5 saturated heterocycles. The van der Waals surface area contributed by atoms with Crippen molar-refractivity contribution < 1.29 is 34.0 Å². The molecule has 31 heavy (non-hydrogen) atoms. The van der Waals surface area contributed by atoms with Gasteiger partial charge in [-0.1, -0.05) is 0 Å². The number of ether oxygens (including phenoxy) is 4. The zero-order valence-corrected chi connectivity index (χ0v) is 20.1. The van der Waals surface area contributed by atoms with E-state index in [4.69, 9.17) is 18.9 Å². The summed E-state index contributed by atoms with van der Waals surface area (Å²) < 4.78 is 23.9. The Bertz CT molecular complexity index is 601. The molecule has 0 aliphatic carbocycles. The lowest BCUT2D eigenvalue weighted by molar-refractivity contribution is -0.221. The van der Waals surface area contributed by atoms with Crippen LogP contribution in [0, 0.1) is 23.7 Å². The fourth-order valence-corrected chi connectivity index (χ4v) is 9.67. The largest absolute Gasteiger partial charge is 0.392 e. The Morgan fingerprint density at radius 1 is 0.710 bits per heavy atom. The number of carbonyl (C=O) groups is 1. The van der Waals surface area contributed by atoms with Gasteiger partial charge in [-0.3, -0.25) is 4.79 Å². The molecular formula is C21H32O7S3. The zero-order chi connectivity index (χ0) is 21.5. The second-order valence-corrected chi connectivity index (χ2v) is 12.4. The number of aliphatic hydroxyl groups excluding tert-OH is 2. The van der Waals surface area contributed by atoms with Gasteiger partial charge in [-0.15, -0.1) is 0 Å². The van der Waals surface area contributed by atoms with Crippen molar-refractivity contribution in [3.8, 4) is 0 Å². The highest BCUT2D eigenvalue weighted by Crippen LogP contribution is 2.46.